The maximum absolute atomic E-state index is 12.8. The number of hydrogen-bond donors (Lipinski definition) is 1. The Balaban J connectivity index is 1.61. The van der Waals surface area contributed by atoms with Crippen molar-refractivity contribution in [3.63, 3.8) is 0 Å². The highest BCUT2D eigenvalue weighted by Gasteiger charge is 2.34. The molecule has 0 bridgehead atoms. The Bertz CT molecular complexity index is 1050. The van der Waals surface area contributed by atoms with E-state index < -0.39 is 0 Å². The van der Waals surface area contributed by atoms with Gasteiger partial charge in [0, 0.05) is 30.6 Å². The molecule has 3 aromatic rings. The predicted molar refractivity (Wildman–Crippen MR) is 133 cm³/mol. The van der Waals surface area contributed by atoms with Gasteiger partial charge in [0.15, 0.2) is 0 Å². The summed E-state index contributed by atoms with van der Waals surface area (Å²) in [7, 11) is 0. The fourth-order valence-electron chi connectivity index (χ4n) is 4.53. The van der Waals surface area contributed by atoms with Crippen LogP contribution in [0.15, 0.2) is 72.8 Å². The lowest BCUT2D eigenvalue weighted by Crippen LogP contribution is -2.50. The molecule has 0 aliphatic carbocycles. The summed E-state index contributed by atoms with van der Waals surface area (Å²) in [6.45, 7) is 4.74. The van der Waals surface area contributed by atoms with Crippen LogP contribution in [0.4, 0.5) is 0 Å². The van der Waals surface area contributed by atoms with Gasteiger partial charge in [0.25, 0.3) is 5.91 Å². The van der Waals surface area contributed by atoms with Gasteiger partial charge in [-0.1, -0.05) is 79.8 Å². The summed E-state index contributed by atoms with van der Waals surface area (Å²) < 4.78 is 0. The van der Waals surface area contributed by atoms with E-state index in [-0.39, 0.29) is 11.3 Å². The summed E-state index contributed by atoms with van der Waals surface area (Å²) in [5, 5.41) is 5.67. The smallest absolute Gasteiger partial charge is 0.251 e. The number of benzene rings is 3. The zero-order valence-corrected chi connectivity index (χ0v) is 19.0. The Morgan fingerprint density at radius 1 is 0.935 bits per heavy atom. The molecule has 4 heteroatoms. The van der Waals surface area contributed by atoms with Gasteiger partial charge in [-0.05, 0) is 54.2 Å². The minimum Gasteiger partial charge on any atom is -0.366 e. The summed E-state index contributed by atoms with van der Waals surface area (Å²) in [6.07, 6.45) is 4.42. The van der Waals surface area contributed by atoms with E-state index in [1.54, 1.807) is 0 Å². The zero-order chi connectivity index (χ0) is 21.7. The van der Waals surface area contributed by atoms with Crippen molar-refractivity contribution in [2.45, 2.75) is 32.6 Å². The van der Waals surface area contributed by atoms with Crippen LogP contribution in [0.3, 0.4) is 0 Å². The molecule has 1 amide bonds. The Morgan fingerprint density at radius 3 is 2.39 bits per heavy atom. The van der Waals surface area contributed by atoms with Crippen LogP contribution in [0.25, 0.3) is 10.8 Å². The lowest BCUT2D eigenvalue weighted by Gasteiger charge is -2.40. The SMILES string of the molecule is C[C@@](CNC(=O)c1ccccc1)(Cc1cccc2ccccc12)C(=S)N1CCCCC1. The van der Waals surface area contributed by atoms with Crippen LogP contribution in [0.5, 0.6) is 0 Å². The fourth-order valence-corrected chi connectivity index (χ4v) is 4.85. The molecule has 0 unspecified atom stereocenters. The number of carbonyl (C=O) groups is 1. The summed E-state index contributed by atoms with van der Waals surface area (Å²) in [4.78, 5) is 16.1. The lowest BCUT2D eigenvalue weighted by molar-refractivity contribution is 0.0942. The topological polar surface area (TPSA) is 32.3 Å². The van der Waals surface area contributed by atoms with Gasteiger partial charge in [0.05, 0.1) is 4.99 Å². The highest BCUT2D eigenvalue weighted by atomic mass is 32.1. The van der Waals surface area contributed by atoms with Crippen molar-refractivity contribution in [1.29, 1.82) is 0 Å². The van der Waals surface area contributed by atoms with Crippen LogP contribution >= 0.6 is 12.2 Å². The molecule has 1 saturated heterocycles. The van der Waals surface area contributed by atoms with Crippen molar-refractivity contribution in [2.75, 3.05) is 19.6 Å². The third kappa shape index (κ3) is 4.96. The van der Waals surface area contributed by atoms with Crippen molar-refractivity contribution < 1.29 is 4.79 Å². The van der Waals surface area contributed by atoms with Gasteiger partial charge in [0.1, 0.15) is 0 Å². The van der Waals surface area contributed by atoms with Gasteiger partial charge in [-0.15, -0.1) is 0 Å². The van der Waals surface area contributed by atoms with Gasteiger partial charge in [-0.2, -0.15) is 0 Å². The molecule has 0 aromatic heterocycles. The van der Waals surface area contributed by atoms with E-state index in [4.69, 9.17) is 12.2 Å². The molecular weight excluding hydrogens is 400 g/mol. The molecule has 1 fully saturated rings. The molecule has 4 rings (SSSR count). The summed E-state index contributed by atoms with van der Waals surface area (Å²) in [5.74, 6) is -0.0498. The van der Waals surface area contributed by atoms with Crippen LogP contribution in [0.1, 0.15) is 42.1 Å². The molecule has 1 heterocycles. The average molecular weight is 431 g/mol. The minimum absolute atomic E-state index is 0.0498. The van der Waals surface area contributed by atoms with Gasteiger partial charge >= 0.3 is 0 Å². The second-order valence-electron chi connectivity index (χ2n) is 8.78. The van der Waals surface area contributed by atoms with E-state index in [2.05, 4.69) is 59.6 Å². The summed E-state index contributed by atoms with van der Waals surface area (Å²) >= 11 is 6.07. The third-order valence-corrected chi connectivity index (χ3v) is 7.05. The molecule has 1 atom stereocenters. The first-order valence-electron chi connectivity index (χ1n) is 11.2. The van der Waals surface area contributed by atoms with Gasteiger partial charge < -0.3 is 10.2 Å². The van der Waals surface area contributed by atoms with Crippen molar-refractivity contribution in [3.05, 3.63) is 83.9 Å². The molecule has 1 N–H and O–H groups in total. The predicted octanol–water partition coefficient (Wildman–Crippen LogP) is 5.63. The first-order valence-corrected chi connectivity index (χ1v) is 11.6. The van der Waals surface area contributed by atoms with E-state index in [9.17, 15) is 4.79 Å². The van der Waals surface area contributed by atoms with E-state index in [1.807, 2.05) is 30.3 Å². The van der Waals surface area contributed by atoms with E-state index >= 15 is 0 Å². The number of piperidine rings is 1. The largest absolute Gasteiger partial charge is 0.366 e. The van der Waals surface area contributed by atoms with Crippen LogP contribution in [-0.4, -0.2) is 35.4 Å². The quantitative estimate of drug-likeness (QED) is 0.514. The number of likely N-dealkylation sites (tertiary alicyclic amines) is 1. The molecular formula is C27H30N2OS. The second kappa shape index (κ2) is 9.61. The highest BCUT2D eigenvalue weighted by molar-refractivity contribution is 7.80. The monoisotopic (exact) mass is 430 g/mol. The lowest BCUT2D eigenvalue weighted by atomic mass is 9.80. The van der Waals surface area contributed by atoms with Crippen LogP contribution < -0.4 is 5.32 Å². The van der Waals surface area contributed by atoms with Crippen molar-refractivity contribution >= 4 is 33.9 Å². The Morgan fingerprint density at radius 2 is 1.61 bits per heavy atom. The number of nitrogens with zero attached hydrogens (tertiary/aromatic N) is 1. The zero-order valence-electron chi connectivity index (χ0n) is 18.1. The van der Waals surface area contributed by atoms with Gasteiger partial charge in [-0.3, -0.25) is 4.79 Å². The summed E-state index contributed by atoms with van der Waals surface area (Å²) in [5.41, 5.74) is 1.61. The minimum atomic E-state index is -0.346. The molecule has 1 aliphatic rings. The van der Waals surface area contributed by atoms with E-state index in [0.29, 0.717) is 12.1 Å². The molecule has 1 aliphatic heterocycles. The van der Waals surface area contributed by atoms with Crippen LogP contribution in [-0.2, 0) is 6.42 Å². The fraction of sp³-hybridized carbons (Fsp3) is 0.333. The normalized spacial score (nSPS) is 16.0. The van der Waals surface area contributed by atoms with Crippen molar-refractivity contribution in [1.82, 2.24) is 10.2 Å². The van der Waals surface area contributed by atoms with Gasteiger partial charge in [-0.25, -0.2) is 0 Å². The molecule has 0 spiro atoms. The maximum Gasteiger partial charge on any atom is 0.251 e. The third-order valence-electron chi connectivity index (χ3n) is 6.30. The van der Waals surface area contributed by atoms with Crippen molar-refractivity contribution in [2.24, 2.45) is 5.41 Å². The molecule has 3 aromatic carbocycles. The Kier molecular flexibility index (Phi) is 6.67. The number of rotatable bonds is 6. The molecule has 160 valence electrons. The molecule has 0 saturated carbocycles. The second-order valence-corrected chi connectivity index (χ2v) is 9.16. The van der Waals surface area contributed by atoms with Crippen molar-refractivity contribution in [3.8, 4) is 0 Å². The van der Waals surface area contributed by atoms with Gasteiger partial charge in [0.2, 0.25) is 0 Å². The molecule has 31 heavy (non-hydrogen) atoms. The van der Waals surface area contributed by atoms with Crippen LogP contribution in [0, 0.1) is 5.41 Å². The van der Waals surface area contributed by atoms with E-state index in [1.165, 1.54) is 35.6 Å². The first kappa shape index (κ1) is 21.5. The number of amides is 1. The Hall–Kier alpha value is -2.72. The number of hydrogen-bond acceptors (Lipinski definition) is 2. The maximum atomic E-state index is 12.8. The summed E-state index contributed by atoms with van der Waals surface area (Å²) in [6, 6.07) is 24.3. The number of carbonyl (C=O) groups excluding carboxylic acids is 1. The highest BCUT2D eigenvalue weighted by Crippen LogP contribution is 2.31. The Labute approximate surface area is 190 Å². The molecule has 3 nitrogen and oxygen atoms in total. The number of nitrogens with one attached hydrogen (secondary N) is 1. The average Bonchev–Trinajstić information content (AvgIpc) is 2.83. The first-order chi connectivity index (χ1) is 15.1. The molecule has 0 radical (unpaired) electrons. The van der Waals surface area contributed by atoms with Crippen LogP contribution in [0.2, 0.25) is 0 Å². The van der Waals surface area contributed by atoms with E-state index in [0.717, 1.165) is 24.5 Å². The number of fused-ring (bicyclic) bond motifs is 1. The number of thiocarbonyl (C=S) groups is 1. The standard InChI is InChI=1S/C27H30N2OS/c1-27(26(31)29-17-8-3-9-18-29,20-28-25(30)22-12-4-2-5-13-22)19-23-15-10-14-21-11-6-7-16-24(21)23/h2,4-7,10-16H,3,8-9,17-20H2,1H3,(H,28,30)/t27-/m0/s1.